The predicted octanol–water partition coefficient (Wildman–Crippen LogP) is 2.55. The Morgan fingerprint density at radius 2 is 2.08 bits per heavy atom. The maximum absolute atomic E-state index is 12.9. The number of hydrogen-bond acceptors (Lipinski definition) is 4. The van der Waals surface area contributed by atoms with E-state index in [1.165, 1.54) is 0 Å². The van der Waals surface area contributed by atoms with Gasteiger partial charge in [0, 0.05) is 36.0 Å². The van der Waals surface area contributed by atoms with Crippen LogP contribution in [0.2, 0.25) is 0 Å². The molecule has 1 aromatic carbocycles. The van der Waals surface area contributed by atoms with E-state index in [0.29, 0.717) is 24.7 Å². The first kappa shape index (κ1) is 15.7. The Balaban J connectivity index is 1.59. The number of H-pyrrole nitrogens is 1. The fourth-order valence-corrected chi connectivity index (χ4v) is 3.30. The first-order chi connectivity index (χ1) is 12.1. The van der Waals surface area contributed by atoms with Crippen LogP contribution in [-0.2, 0) is 13.1 Å². The van der Waals surface area contributed by atoms with Crippen molar-refractivity contribution in [3.05, 3.63) is 41.6 Å². The van der Waals surface area contributed by atoms with Gasteiger partial charge in [0.1, 0.15) is 17.3 Å². The van der Waals surface area contributed by atoms with Crippen molar-refractivity contribution in [3.8, 4) is 5.75 Å². The van der Waals surface area contributed by atoms with Gasteiger partial charge in [-0.2, -0.15) is 0 Å². The molecule has 0 saturated heterocycles. The van der Waals surface area contributed by atoms with E-state index in [9.17, 15) is 4.79 Å². The number of methoxy groups -OCH3 is 1. The van der Waals surface area contributed by atoms with Crippen LogP contribution in [0.25, 0.3) is 10.9 Å². The van der Waals surface area contributed by atoms with Gasteiger partial charge < -0.3 is 19.2 Å². The van der Waals surface area contributed by atoms with Crippen molar-refractivity contribution >= 4 is 16.8 Å². The van der Waals surface area contributed by atoms with Gasteiger partial charge in [0.15, 0.2) is 5.82 Å². The molecule has 0 unspecified atom stereocenters. The van der Waals surface area contributed by atoms with Crippen molar-refractivity contribution in [3.63, 3.8) is 0 Å². The first-order valence-corrected chi connectivity index (χ1v) is 8.45. The molecule has 2 aromatic heterocycles. The number of ether oxygens (including phenoxy) is 1. The van der Waals surface area contributed by atoms with Gasteiger partial charge in [0.05, 0.1) is 13.7 Å². The maximum Gasteiger partial charge on any atom is 0.270 e. The highest BCUT2D eigenvalue weighted by atomic mass is 16.5. The lowest BCUT2D eigenvalue weighted by atomic mass is 10.2. The molecule has 25 heavy (non-hydrogen) atoms. The van der Waals surface area contributed by atoms with Gasteiger partial charge >= 0.3 is 0 Å². The zero-order chi connectivity index (χ0) is 17.6. The van der Waals surface area contributed by atoms with E-state index in [1.54, 1.807) is 7.11 Å². The normalized spacial score (nSPS) is 14.2. The molecule has 1 aliphatic heterocycles. The lowest BCUT2D eigenvalue weighted by molar-refractivity contribution is 0.0701. The monoisotopic (exact) mass is 339 g/mol. The maximum atomic E-state index is 12.9. The van der Waals surface area contributed by atoms with Crippen LogP contribution in [0.1, 0.15) is 41.9 Å². The summed E-state index contributed by atoms with van der Waals surface area (Å²) in [5, 5.41) is 9.53. The van der Waals surface area contributed by atoms with Crippen molar-refractivity contribution in [2.45, 2.75) is 32.9 Å². The number of carbonyl (C=O) groups is 1. The van der Waals surface area contributed by atoms with Gasteiger partial charge in [-0.05, 0) is 18.2 Å². The van der Waals surface area contributed by atoms with Crippen molar-refractivity contribution in [1.29, 1.82) is 0 Å². The summed E-state index contributed by atoms with van der Waals surface area (Å²) >= 11 is 0. The van der Waals surface area contributed by atoms with Crippen molar-refractivity contribution in [1.82, 2.24) is 24.6 Å². The Labute approximate surface area is 145 Å². The second-order valence-electron chi connectivity index (χ2n) is 6.64. The van der Waals surface area contributed by atoms with Crippen LogP contribution in [0.15, 0.2) is 24.3 Å². The molecule has 3 aromatic rings. The average Bonchev–Trinajstić information content (AvgIpc) is 3.23. The molecule has 3 heterocycles. The molecule has 0 saturated carbocycles. The fourth-order valence-electron chi connectivity index (χ4n) is 3.30. The highest BCUT2D eigenvalue weighted by Crippen LogP contribution is 2.23. The summed E-state index contributed by atoms with van der Waals surface area (Å²) in [4.78, 5) is 17.9. The molecule has 130 valence electrons. The quantitative estimate of drug-likeness (QED) is 0.796. The molecule has 0 bridgehead atoms. The summed E-state index contributed by atoms with van der Waals surface area (Å²) in [6.45, 7) is 6.08. The van der Waals surface area contributed by atoms with Gasteiger partial charge in [0.2, 0.25) is 0 Å². The van der Waals surface area contributed by atoms with Gasteiger partial charge in [0.25, 0.3) is 5.91 Å². The number of nitrogens with one attached hydrogen (secondary N) is 1. The zero-order valence-corrected chi connectivity index (χ0v) is 14.6. The Morgan fingerprint density at radius 3 is 2.84 bits per heavy atom. The summed E-state index contributed by atoms with van der Waals surface area (Å²) in [5.41, 5.74) is 1.48. The molecule has 1 amide bonds. The largest absolute Gasteiger partial charge is 0.497 e. The molecule has 0 aliphatic carbocycles. The topological polar surface area (TPSA) is 76.0 Å². The van der Waals surface area contributed by atoms with E-state index in [0.717, 1.165) is 34.8 Å². The number of fused-ring (bicyclic) bond motifs is 2. The molecule has 0 fully saturated rings. The Bertz CT molecular complexity index is 940. The number of nitrogens with zero attached hydrogens (tertiary/aromatic N) is 4. The zero-order valence-electron chi connectivity index (χ0n) is 14.6. The first-order valence-electron chi connectivity index (χ1n) is 8.45. The average molecular weight is 339 g/mol. The summed E-state index contributed by atoms with van der Waals surface area (Å²) in [5.74, 6) is 2.91. The third-order valence-electron chi connectivity index (χ3n) is 4.65. The number of aromatic nitrogens is 4. The van der Waals surface area contributed by atoms with Crippen LogP contribution in [-0.4, -0.2) is 44.2 Å². The number of carbonyl (C=O) groups excluding carboxylic acids is 1. The van der Waals surface area contributed by atoms with Gasteiger partial charge in [-0.25, -0.2) is 0 Å². The van der Waals surface area contributed by atoms with Crippen LogP contribution < -0.4 is 4.74 Å². The van der Waals surface area contributed by atoms with Crippen LogP contribution >= 0.6 is 0 Å². The molecule has 4 rings (SSSR count). The highest BCUT2D eigenvalue weighted by molar-refractivity contribution is 5.98. The number of rotatable bonds is 3. The Kier molecular flexibility index (Phi) is 3.71. The molecule has 7 nitrogen and oxygen atoms in total. The third-order valence-corrected chi connectivity index (χ3v) is 4.65. The molecule has 1 aliphatic rings. The molecular weight excluding hydrogens is 318 g/mol. The van der Waals surface area contributed by atoms with Crippen molar-refractivity contribution in [2.75, 3.05) is 13.7 Å². The molecule has 7 heteroatoms. The fraction of sp³-hybridized carbons (Fsp3) is 0.389. The Hall–Kier alpha value is -2.83. The second-order valence-corrected chi connectivity index (χ2v) is 6.64. The smallest absolute Gasteiger partial charge is 0.270 e. The minimum atomic E-state index is -0.0180. The van der Waals surface area contributed by atoms with Crippen LogP contribution in [0.4, 0.5) is 0 Å². The SMILES string of the molecule is COc1ccc2cc(C(=O)N3CCn4c(nnc4C(C)C)C3)[nH]c2c1. The van der Waals surface area contributed by atoms with Crippen LogP contribution in [0.5, 0.6) is 5.75 Å². The Morgan fingerprint density at radius 1 is 1.24 bits per heavy atom. The minimum Gasteiger partial charge on any atom is -0.497 e. The lowest BCUT2D eigenvalue weighted by Crippen LogP contribution is -2.39. The van der Waals surface area contributed by atoms with E-state index in [4.69, 9.17) is 4.74 Å². The molecule has 0 atom stereocenters. The second kappa shape index (κ2) is 5.91. The van der Waals surface area contributed by atoms with Crippen molar-refractivity contribution < 1.29 is 9.53 Å². The van der Waals surface area contributed by atoms with Gasteiger partial charge in [-0.1, -0.05) is 13.8 Å². The van der Waals surface area contributed by atoms with Gasteiger partial charge in [-0.15, -0.1) is 10.2 Å². The molecule has 0 spiro atoms. The van der Waals surface area contributed by atoms with Crippen LogP contribution in [0, 0.1) is 0 Å². The van der Waals surface area contributed by atoms with Crippen molar-refractivity contribution in [2.24, 2.45) is 0 Å². The van der Waals surface area contributed by atoms with E-state index in [-0.39, 0.29) is 5.91 Å². The van der Waals surface area contributed by atoms with E-state index in [1.807, 2.05) is 29.2 Å². The predicted molar refractivity (Wildman–Crippen MR) is 93.7 cm³/mol. The number of hydrogen-bond donors (Lipinski definition) is 1. The van der Waals surface area contributed by atoms with E-state index >= 15 is 0 Å². The minimum absolute atomic E-state index is 0.0180. The van der Waals surface area contributed by atoms with E-state index < -0.39 is 0 Å². The number of amides is 1. The van der Waals surface area contributed by atoms with E-state index in [2.05, 4.69) is 33.6 Å². The summed E-state index contributed by atoms with van der Waals surface area (Å²) < 4.78 is 7.37. The summed E-state index contributed by atoms with van der Waals surface area (Å²) in [7, 11) is 1.63. The molecule has 0 radical (unpaired) electrons. The number of benzene rings is 1. The highest BCUT2D eigenvalue weighted by Gasteiger charge is 2.26. The lowest BCUT2D eigenvalue weighted by Gasteiger charge is -2.27. The third kappa shape index (κ3) is 2.65. The standard InChI is InChI=1S/C18H21N5O2/c1-11(2)17-21-20-16-10-22(6-7-23(16)17)18(24)15-8-12-4-5-13(25-3)9-14(12)19-15/h4-5,8-9,11,19H,6-7,10H2,1-3H3. The molecule has 1 N–H and O–H groups in total. The molecular formula is C18H21N5O2. The van der Waals surface area contributed by atoms with Gasteiger partial charge in [-0.3, -0.25) is 4.79 Å². The number of aromatic amines is 1. The van der Waals surface area contributed by atoms with Crippen LogP contribution in [0.3, 0.4) is 0 Å². The summed E-state index contributed by atoms with van der Waals surface area (Å²) in [6.07, 6.45) is 0. The summed E-state index contributed by atoms with van der Waals surface area (Å²) in [6, 6.07) is 7.62.